The average molecular weight is 501 g/mol. The molecule has 0 amide bonds. The summed E-state index contributed by atoms with van der Waals surface area (Å²) in [6.07, 6.45) is 12.6. The minimum atomic E-state index is -0.299. The Kier molecular flexibility index (Phi) is 7.41. The standard InChI is InChI=1S/C32H52O4/c1-20(19-36-22(3)33)10-9-11-21(2)23-18-28(35)32(8)24(23)12-13-26-30(6)16-15-27(34)29(4,5)25(30)14-17-31(26,32)7/h10,12,21,23,25-28,34-35H,9,11,13-19H2,1-8H3/b20-10+/t21-,23-,25+,26-,27-,28+,30+,31-,32+/m1/s1. The van der Waals surface area contributed by atoms with Crippen LogP contribution in [-0.4, -0.2) is 35.0 Å². The van der Waals surface area contributed by atoms with Crippen LogP contribution in [0.2, 0.25) is 0 Å². The van der Waals surface area contributed by atoms with Gasteiger partial charge in [-0.2, -0.15) is 0 Å². The Bertz CT molecular complexity index is 917. The number of allylic oxidation sites excluding steroid dienone is 2. The van der Waals surface area contributed by atoms with Gasteiger partial charge in [-0.25, -0.2) is 0 Å². The minimum Gasteiger partial charge on any atom is -0.461 e. The average Bonchev–Trinajstić information content (AvgIpc) is 3.07. The molecule has 4 nitrogen and oxygen atoms in total. The molecule has 0 unspecified atom stereocenters. The molecular weight excluding hydrogens is 448 g/mol. The summed E-state index contributed by atoms with van der Waals surface area (Å²) in [5, 5.41) is 22.6. The molecule has 2 N–H and O–H groups in total. The Balaban J connectivity index is 1.55. The van der Waals surface area contributed by atoms with Crippen LogP contribution in [0, 0.1) is 45.3 Å². The third-order valence-corrected chi connectivity index (χ3v) is 12.2. The molecule has 36 heavy (non-hydrogen) atoms. The summed E-state index contributed by atoms with van der Waals surface area (Å²) in [5.41, 5.74) is 2.68. The zero-order chi connectivity index (χ0) is 26.7. The van der Waals surface area contributed by atoms with E-state index in [1.807, 2.05) is 6.92 Å². The Morgan fingerprint density at radius 2 is 1.78 bits per heavy atom. The van der Waals surface area contributed by atoms with Gasteiger partial charge >= 0.3 is 5.97 Å². The van der Waals surface area contributed by atoms with Crippen molar-refractivity contribution < 1.29 is 19.7 Å². The Hall–Kier alpha value is -1.13. The van der Waals surface area contributed by atoms with Crippen LogP contribution in [0.15, 0.2) is 23.3 Å². The molecule has 0 bridgehead atoms. The van der Waals surface area contributed by atoms with Crippen molar-refractivity contribution in [3.63, 3.8) is 0 Å². The number of hydrogen-bond acceptors (Lipinski definition) is 4. The molecule has 0 spiro atoms. The molecule has 204 valence electrons. The lowest BCUT2D eigenvalue weighted by molar-refractivity contribution is -0.203. The van der Waals surface area contributed by atoms with Crippen molar-refractivity contribution in [1.29, 1.82) is 0 Å². The number of aliphatic hydroxyl groups is 2. The van der Waals surface area contributed by atoms with Crippen LogP contribution in [0.25, 0.3) is 0 Å². The van der Waals surface area contributed by atoms with E-state index in [1.54, 1.807) is 0 Å². The maximum absolute atomic E-state index is 11.7. The van der Waals surface area contributed by atoms with E-state index in [9.17, 15) is 15.0 Å². The number of hydrogen-bond donors (Lipinski definition) is 2. The van der Waals surface area contributed by atoms with E-state index < -0.39 is 0 Å². The van der Waals surface area contributed by atoms with E-state index in [4.69, 9.17) is 4.74 Å². The largest absolute Gasteiger partial charge is 0.461 e. The van der Waals surface area contributed by atoms with Crippen molar-refractivity contribution in [1.82, 2.24) is 0 Å². The van der Waals surface area contributed by atoms with Crippen LogP contribution < -0.4 is 0 Å². The summed E-state index contributed by atoms with van der Waals surface area (Å²) in [4.78, 5) is 11.1. The first-order chi connectivity index (χ1) is 16.7. The van der Waals surface area contributed by atoms with E-state index in [0.29, 0.717) is 30.3 Å². The Labute approximate surface area is 220 Å². The molecule has 0 aromatic heterocycles. The van der Waals surface area contributed by atoms with Gasteiger partial charge in [0.15, 0.2) is 0 Å². The molecule has 9 atom stereocenters. The maximum Gasteiger partial charge on any atom is 0.302 e. The number of esters is 1. The van der Waals surface area contributed by atoms with Gasteiger partial charge in [0.05, 0.1) is 12.2 Å². The summed E-state index contributed by atoms with van der Waals surface area (Å²) < 4.78 is 5.12. The van der Waals surface area contributed by atoms with Gasteiger partial charge in [-0.1, -0.05) is 59.3 Å². The van der Waals surface area contributed by atoms with Crippen LogP contribution in [0.3, 0.4) is 0 Å². The molecule has 0 radical (unpaired) electrons. The summed E-state index contributed by atoms with van der Waals surface area (Å²) in [7, 11) is 0. The predicted molar refractivity (Wildman–Crippen MR) is 145 cm³/mol. The quantitative estimate of drug-likeness (QED) is 0.309. The van der Waals surface area contributed by atoms with Crippen molar-refractivity contribution >= 4 is 5.97 Å². The fourth-order valence-corrected chi connectivity index (χ4v) is 9.80. The number of ether oxygens (including phenoxy) is 1. The van der Waals surface area contributed by atoms with E-state index in [1.165, 1.54) is 12.5 Å². The monoisotopic (exact) mass is 500 g/mol. The second-order valence-corrected chi connectivity index (χ2v) is 14.3. The van der Waals surface area contributed by atoms with Gasteiger partial charge in [-0.15, -0.1) is 0 Å². The number of carbonyl (C=O) groups excluding carboxylic acids is 1. The molecule has 0 aromatic rings. The van der Waals surface area contributed by atoms with Gasteiger partial charge in [0.25, 0.3) is 0 Å². The van der Waals surface area contributed by atoms with E-state index in [-0.39, 0.29) is 39.8 Å². The van der Waals surface area contributed by atoms with Gasteiger partial charge < -0.3 is 14.9 Å². The smallest absolute Gasteiger partial charge is 0.302 e. The highest BCUT2D eigenvalue weighted by Crippen LogP contribution is 2.74. The van der Waals surface area contributed by atoms with Gasteiger partial charge in [-0.05, 0) is 104 Å². The lowest BCUT2D eigenvalue weighted by Gasteiger charge is -2.68. The lowest BCUT2D eigenvalue weighted by atomic mass is 9.36. The first-order valence-corrected chi connectivity index (χ1v) is 14.5. The third-order valence-electron chi connectivity index (χ3n) is 12.2. The number of fused-ring (bicyclic) bond motifs is 5. The van der Waals surface area contributed by atoms with Crippen LogP contribution in [0.5, 0.6) is 0 Å². The van der Waals surface area contributed by atoms with Crippen LogP contribution >= 0.6 is 0 Å². The Morgan fingerprint density at radius 3 is 2.44 bits per heavy atom. The first kappa shape index (κ1) is 27.9. The number of rotatable bonds is 6. The highest BCUT2D eigenvalue weighted by molar-refractivity contribution is 5.66. The zero-order valence-electron chi connectivity index (χ0n) is 24.2. The summed E-state index contributed by atoms with van der Waals surface area (Å²) >= 11 is 0. The highest BCUT2D eigenvalue weighted by atomic mass is 16.5. The second kappa shape index (κ2) is 9.56. The fraction of sp³-hybridized carbons (Fsp3) is 0.844. The minimum absolute atomic E-state index is 0.0499. The van der Waals surface area contributed by atoms with E-state index in [2.05, 4.69) is 53.7 Å². The molecule has 4 aliphatic carbocycles. The molecule has 4 aliphatic rings. The molecule has 0 aliphatic heterocycles. The van der Waals surface area contributed by atoms with Crippen molar-refractivity contribution in [2.24, 2.45) is 45.3 Å². The number of carbonyl (C=O) groups is 1. The fourth-order valence-electron chi connectivity index (χ4n) is 9.80. The van der Waals surface area contributed by atoms with Crippen molar-refractivity contribution in [2.45, 2.75) is 119 Å². The lowest BCUT2D eigenvalue weighted by Crippen LogP contribution is -2.63. The van der Waals surface area contributed by atoms with E-state index in [0.717, 1.165) is 56.9 Å². The van der Waals surface area contributed by atoms with Crippen LogP contribution in [0.1, 0.15) is 107 Å². The van der Waals surface area contributed by atoms with Gasteiger partial charge in [0.1, 0.15) is 6.61 Å². The topological polar surface area (TPSA) is 66.8 Å². The molecule has 0 saturated heterocycles. The Morgan fingerprint density at radius 1 is 1.08 bits per heavy atom. The SMILES string of the molecule is CC(=O)OC/C(C)=C/CC[C@@H](C)[C@H]1C[C@H](O)[C@]2(C)C1=CC[C@@H]1[C@@]3(C)CC[C@@H](O)C(C)(C)[C@@H]3CC[C@]12C. The summed E-state index contributed by atoms with van der Waals surface area (Å²) in [5.74, 6) is 1.77. The van der Waals surface area contributed by atoms with Crippen LogP contribution in [0.4, 0.5) is 0 Å². The van der Waals surface area contributed by atoms with Crippen molar-refractivity contribution in [3.05, 3.63) is 23.3 Å². The molecule has 0 heterocycles. The maximum atomic E-state index is 11.7. The highest BCUT2D eigenvalue weighted by Gasteiger charge is 2.69. The van der Waals surface area contributed by atoms with Gasteiger partial charge in [0, 0.05) is 12.3 Å². The molecular formula is C32H52O4. The molecule has 4 heteroatoms. The molecule has 0 aromatic carbocycles. The second-order valence-electron chi connectivity index (χ2n) is 14.3. The third kappa shape index (κ3) is 4.13. The van der Waals surface area contributed by atoms with Crippen molar-refractivity contribution in [2.75, 3.05) is 6.61 Å². The number of aliphatic hydroxyl groups excluding tert-OH is 2. The summed E-state index contributed by atoms with van der Waals surface area (Å²) in [6, 6.07) is 0. The first-order valence-electron chi connectivity index (χ1n) is 14.5. The van der Waals surface area contributed by atoms with Gasteiger partial charge in [-0.3, -0.25) is 4.79 Å². The molecule has 3 saturated carbocycles. The predicted octanol–water partition coefficient (Wildman–Crippen LogP) is 6.85. The molecule has 4 rings (SSSR count). The normalized spacial score (nSPS) is 44.7. The van der Waals surface area contributed by atoms with Crippen LogP contribution in [-0.2, 0) is 9.53 Å². The van der Waals surface area contributed by atoms with Gasteiger partial charge in [0.2, 0.25) is 0 Å². The van der Waals surface area contributed by atoms with Crippen molar-refractivity contribution in [3.8, 4) is 0 Å². The molecule has 3 fully saturated rings. The summed E-state index contributed by atoms with van der Waals surface area (Å²) in [6.45, 7) is 18.2. The van der Waals surface area contributed by atoms with E-state index >= 15 is 0 Å². The zero-order valence-corrected chi connectivity index (χ0v) is 24.2.